The molecule has 1 aromatic carbocycles. The highest BCUT2D eigenvalue weighted by Gasteiger charge is 2.15. The first-order valence-electron chi connectivity index (χ1n) is 5.58. The van der Waals surface area contributed by atoms with Gasteiger partial charge in [-0.25, -0.2) is 0 Å². The summed E-state index contributed by atoms with van der Waals surface area (Å²) in [5, 5.41) is 0. The predicted octanol–water partition coefficient (Wildman–Crippen LogP) is 1.44. The Kier molecular flexibility index (Phi) is 5.08. The van der Waals surface area contributed by atoms with Crippen molar-refractivity contribution >= 4 is 0 Å². The van der Waals surface area contributed by atoms with Crippen molar-refractivity contribution < 1.29 is 9.47 Å². The first-order chi connectivity index (χ1) is 7.74. The molecule has 0 saturated carbocycles. The quantitative estimate of drug-likeness (QED) is 0.767. The van der Waals surface area contributed by atoms with Crippen molar-refractivity contribution in [2.45, 2.75) is 19.9 Å². The van der Waals surface area contributed by atoms with Gasteiger partial charge in [0.15, 0.2) is 11.5 Å². The largest absolute Gasteiger partial charge is 0.490 e. The molecule has 0 aliphatic carbocycles. The molecule has 0 spiro atoms. The van der Waals surface area contributed by atoms with Crippen LogP contribution >= 0.6 is 0 Å². The van der Waals surface area contributed by atoms with Crippen LogP contribution in [0.2, 0.25) is 0 Å². The lowest BCUT2D eigenvalue weighted by molar-refractivity contribution is 0.284. The molecule has 4 N–H and O–H groups in total. The summed E-state index contributed by atoms with van der Waals surface area (Å²) in [6.45, 7) is 5.43. The van der Waals surface area contributed by atoms with E-state index in [1.807, 2.05) is 32.0 Å². The van der Waals surface area contributed by atoms with Crippen LogP contribution in [0.1, 0.15) is 25.5 Å². The molecule has 1 rings (SSSR count). The van der Waals surface area contributed by atoms with Gasteiger partial charge in [0.2, 0.25) is 0 Å². The van der Waals surface area contributed by atoms with E-state index in [0.29, 0.717) is 25.5 Å². The van der Waals surface area contributed by atoms with Gasteiger partial charge in [-0.3, -0.25) is 0 Å². The molecule has 0 aromatic heterocycles. The van der Waals surface area contributed by atoms with Crippen LogP contribution in [0.25, 0.3) is 0 Å². The average molecular weight is 224 g/mol. The molecular weight excluding hydrogens is 204 g/mol. The van der Waals surface area contributed by atoms with Crippen LogP contribution < -0.4 is 20.9 Å². The van der Waals surface area contributed by atoms with E-state index in [4.69, 9.17) is 20.9 Å². The Morgan fingerprint density at radius 3 is 2.44 bits per heavy atom. The molecule has 4 nitrogen and oxygen atoms in total. The van der Waals surface area contributed by atoms with Crippen LogP contribution in [0.4, 0.5) is 0 Å². The van der Waals surface area contributed by atoms with Crippen molar-refractivity contribution in [2.75, 3.05) is 19.8 Å². The van der Waals surface area contributed by atoms with E-state index < -0.39 is 0 Å². The second-order valence-corrected chi connectivity index (χ2v) is 3.38. The van der Waals surface area contributed by atoms with Gasteiger partial charge in [-0.1, -0.05) is 12.1 Å². The van der Waals surface area contributed by atoms with Gasteiger partial charge in [0.05, 0.1) is 13.2 Å². The Morgan fingerprint density at radius 1 is 1.19 bits per heavy atom. The van der Waals surface area contributed by atoms with E-state index >= 15 is 0 Å². The van der Waals surface area contributed by atoms with Gasteiger partial charge < -0.3 is 20.9 Å². The second-order valence-electron chi connectivity index (χ2n) is 3.38. The summed E-state index contributed by atoms with van der Waals surface area (Å²) in [5.41, 5.74) is 12.4. The molecule has 0 bridgehead atoms. The van der Waals surface area contributed by atoms with Crippen LogP contribution in [0.3, 0.4) is 0 Å². The van der Waals surface area contributed by atoms with Crippen LogP contribution in [0.15, 0.2) is 18.2 Å². The minimum atomic E-state index is -0.220. The molecular formula is C12H20N2O2. The third-order valence-electron chi connectivity index (χ3n) is 2.25. The Hall–Kier alpha value is -1.26. The fourth-order valence-electron chi connectivity index (χ4n) is 1.52. The Labute approximate surface area is 96.5 Å². The van der Waals surface area contributed by atoms with E-state index in [0.717, 1.165) is 11.3 Å². The average Bonchev–Trinajstić information content (AvgIpc) is 2.31. The fourth-order valence-corrected chi connectivity index (χ4v) is 1.52. The molecule has 16 heavy (non-hydrogen) atoms. The molecule has 1 aromatic rings. The first-order valence-corrected chi connectivity index (χ1v) is 5.58. The van der Waals surface area contributed by atoms with E-state index in [1.54, 1.807) is 0 Å². The van der Waals surface area contributed by atoms with Gasteiger partial charge in [-0.2, -0.15) is 0 Å². The SMILES string of the molecule is CCOc1cccc([C@@H](N)CN)c1OCC. The molecule has 0 aliphatic heterocycles. The number of para-hydroxylation sites is 1. The molecule has 0 radical (unpaired) electrons. The highest BCUT2D eigenvalue weighted by molar-refractivity contribution is 5.48. The molecule has 1 atom stereocenters. The predicted molar refractivity (Wildman–Crippen MR) is 64.8 cm³/mol. The number of ether oxygens (including phenoxy) is 2. The third-order valence-corrected chi connectivity index (χ3v) is 2.25. The summed E-state index contributed by atoms with van der Waals surface area (Å²) in [6.07, 6.45) is 0. The van der Waals surface area contributed by atoms with Crippen LogP contribution in [-0.2, 0) is 0 Å². The van der Waals surface area contributed by atoms with Crippen LogP contribution in [0, 0.1) is 0 Å². The minimum Gasteiger partial charge on any atom is -0.490 e. The number of hydrogen-bond donors (Lipinski definition) is 2. The lowest BCUT2D eigenvalue weighted by Gasteiger charge is -2.18. The summed E-state index contributed by atoms with van der Waals surface area (Å²) in [6, 6.07) is 5.48. The van der Waals surface area contributed by atoms with Gasteiger partial charge in [-0.05, 0) is 19.9 Å². The van der Waals surface area contributed by atoms with Gasteiger partial charge >= 0.3 is 0 Å². The van der Waals surface area contributed by atoms with Crippen molar-refractivity contribution in [3.05, 3.63) is 23.8 Å². The van der Waals surface area contributed by atoms with Crippen LogP contribution in [-0.4, -0.2) is 19.8 Å². The molecule has 0 heterocycles. The van der Waals surface area contributed by atoms with E-state index in [9.17, 15) is 0 Å². The zero-order valence-corrected chi connectivity index (χ0v) is 9.90. The van der Waals surface area contributed by atoms with Crippen molar-refractivity contribution in [3.63, 3.8) is 0 Å². The summed E-state index contributed by atoms with van der Waals surface area (Å²) in [5.74, 6) is 1.44. The van der Waals surface area contributed by atoms with Crippen molar-refractivity contribution in [2.24, 2.45) is 11.5 Å². The molecule has 0 unspecified atom stereocenters. The Morgan fingerprint density at radius 2 is 1.88 bits per heavy atom. The number of hydrogen-bond acceptors (Lipinski definition) is 4. The lowest BCUT2D eigenvalue weighted by atomic mass is 10.1. The molecule has 90 valence electrons. The van der Waals surface area contributed by atoms with Gasteiger partial charge in [0.1, 0.15) is 0 Å². The number of rotatable bonds is 6. The summed E-state index contributed by atoms with van der Waals surface area (Å²) in [7, 11) is 0. The second kappa shape index (κ2) is 6.35. The maximum Gasteiger partial charge on any atom is 0.165 e. The van der Waals surface area contributed by atoms with E-state index in [-0.39, 0.29) is 6.04 Å². The first kappa shape index (κ1) is 12.8. The van der Waals surface area contributed by atoms with E-state index in [2.05, 4.69) is 0 Å². The standard InChI is InChI=1S/C12H20N2O2/c1-3-15-11-7-5-6-9(10(14)8-13)12(11)16-4-2/h5-7,10H,3-4,8,13-14H2,1-2H3/t10-/m0/s1. The van der Waals surface area contributed by atoms with Gasteiger partial charge in [-0.15, -0.1) is 0 Å². The highest BCUT2D eigenvalue weighted by atomic mass is 16.5. The van der Waals surface area contributed by atoms with Crippen molar-refractivity contribution in [1.82, 2.24) is 0 Å². The third kappa shape index (κ3) is 2.87. The van der Waals surface area contributed by atoms with Gasteiger partial charge in [0.25, 0.3) is 0 Å². The summed E-state index contributed by atoms with van der Waals surface area (Å²) >= 11 is 0. The zero-order chi connectivity index (χ0) is 12.0. The monoisotopic (exact) mass is 224 g/mol. The molecule has 0 fully saturated rings. The van der Waals surface area contributed by atoms with Gasteiger partial charge in [0, 0.05) is 18.2 Å². The van der Waals surface area contributed by atoms with Crippen molar-refractivity contribution in [1.29, 1.82) is 0 Å². The summed E-state index contributed by atoms with van der Waals surface area (Å²) < 4.78 is 11.1. The highest BCUT2D eigenvalue weighted by Crippen LogP contribution is 2.34. The number of nitrogens with two attached hydrogens (primary N) is 2. The van der Waals surface area contributed by atoms with E-state index in [1.165, 1.54) is 0 Å². The van der Waals surface area contributed by atoms with Crippen LogP contribution in [0.5, 0.6) is 11.5 Å². The normalized spacial score (nSPS) is 12.2. The molecule has 0 aliphatic rings. The topological polar surface area (TPSA) is 70.5 Å². The van der Waals surface area contributed by atoms with Crippen molar-refractivity contribution in [3.8, 4) is 11.5 Å². The Balaban J connectivity index is 3.09. The molecule has 4 heteroatoms. The Bertz CT molecular complexity index is 329. The summed E-state index contributed by atoms with van der Waals surface area (Å²) in [4.78, 5) is 0. The molecule has 0 saturated heterocycles. The minimum absolute atomic E-state index is 0.220. The smallest absolute Gasteiger partial charge is 0.165 e. The zero-order valence-electron chi connectivity index (χ0n) is 9.90. The maximum absolute atomic E-state index is 5.93. The molecule has 0 amide bonds. The number of benzene rings is 1. The fraction of sp³-hybridized carbons (Fsp3) is 0.500. The lowest BCUT2D eigenvalue weighted by Crippen LogP contribution is -2.21. The maximum atomic E-state index is 5.93.